The fraction of sp³-hybridized carbons (Fsp3) is 0.526. The van der Waals surface area contributed by atoms with Gasteiger partial charge in [0.2, 0.25) is 0 Å². The molecule has 0 aliphatic carbocycles. The number of hydrogen-bond donors (Lipinski definition) is 1. The maximum absolute atomic E-state index is 12.0. The summed E-state index contributed by atoms with van der Waals surface area (Å²) in [6.07, 6.45) is 0.447. The Balaban J connectivity index is 2.56. The number of nitrogens with one attached hydrogen (secondary N) is 1. The first kappa shape index (κ1) is 20.7. The third-order valence-electron chi connectivity index (χ3n) is 3.68. The van der Waals surface area contributed by atoms with Crippen LogP contribution in [0.25, 0.3) is 0 Å². The van der Waals surface area contributed by atoms with Gasteiger partial charge >= 0.3 is 11.9 Å². The first-order valence-electron chi connectivity index (χ1n) is 8.38. The fourth-order valence-corrected chi connectivity index (χ4v) is 2.28. The van der Waals surface area contributed by atoms with E-state index in [0.717, 1.165) is 5.56 Å². The Labute approximate surface area is 148 Å². The van der Waals surface area contributed by atoms with Crippen LogP contribution in [0, 0.1) is 5.92 Å². The summed E-state index contributed by atoms with van der Waals surface area (Å²) in [5.41, 5.74) is 1.49. The molecule has 0 aliphatic rings. The third kappa shape index (κ3) is 6.95. The molecule has 0 fully saturated rings. The average Bonchev–Trinajstić information content (AvgIpc) is 2.58. The number of rotatable bonds is 8. The summed E-state index contributed by atoms with van der Waals surface area (Å²) in [5.74, 6) is -1.07. The van der Waals surface area contributed by atoms with Crippen LogP contribution < -0.4 is 5.32 Å². The van der Waals surface area contributed by atoms with Gasteiger partial charge in [-0.25, -0.2) is 9.59 Å². The zero-order valence-corrected chi connectivity index (χ0v) is 15.5. The monoisotopic (exact) mass is 349 g/mol. The SMILES string of the molecule is COC(=O)[C@H](CC(C)C)NC(=O)COC(=O)c1ccc(C(C)C)cc1. The lowest BCUT2D eigenvalue weighted by atomic mass is 10.0. The first-order chi connectivity index (χ1) is 11.7. The van der Waals surface area contributed by atoms with E-state index in [1.165, 1.54) is 7.11 Å². The molecule has 6 nitrogen and oxygen atoms in total. The summed E-state index contributed by atoms with van der Waals surface area (Å²) < 4.78 is 9.68. The Morgan fingerprint density at radius 1 is 1.04 bits per heavy atom. The smallest absolute Gasteiger partial charge is 0.338 e. The van der Waals surface area contributed by atoms with Crippen LogP contribution in [0.3, 0.4) is 0 Å². The molecule has 0 saturated carbocycles. The number of amides is 1. The number of carbonyl (C=O) groups excluding carboxylic acids is 3. The van der Waals surface area contributed by atoms with Gasteiger partial charge < -0.3 is 14.8 Å². The van der Waals surface area contributed by atoms with Crippen LogP contribution in [0.4, 0.5) is 0 Å². The first-order valence-corrected chi connectivity index (χ1v) is 8.38. The van der Waals surface area contributed by atoms with Gasteiger partial charge in [0.05, 0.1) is 12.7 Å². The molecule has 0 bridgehead atoms. The van der Waals surface area contributed by atoms with Crippen molar-refractivity contribution in [3.63, 3.8) is 0 Å². The molecule has 0 radical (unpaired) electrons. The van der Waals surface area contributed by atoms with Gasteiger partial charge in [-0.1, -0.05) is 39.8 Å². The van der Waals surface area contributed by atoms with Crippen LogP contribution in [0.5, 0.6) is 0 Å². The molecule has 1 aromatic rings. The molecule has 1 N–H and O–H groups in total. The lowest BCUT2D eigenvalue weighted by Gasteiger charge is -2.18. The van der Waals surface area contributed by atoms with E-state index in [9.17, 15) is 14.4 Å². The van der Waals surface area contributed by atoms with Crippen LogP contribution >= 0.6 is 0 Å². The largest absolute Gasteiger partial charge is 0.467 e. The molecule has 0 aromatic heterocycles. The summed E-state index contributed by atoms with van der Waals surface area (Å²) in [5, 5.41) is 2.54. The number of ether oxygens (including phenoxy) is 2. The van der Waals surface area contributed by atoms with E-state index in [2.05, 4.69) is 23.9 Å². The molecule has 1 aromatic carbocycles. The molecule has 1 atom stereocenters. The second-order valence-electron chi connectivity index (χ2n) is 6.63. The lowest BCUT2D eigenvalue weighted by Crippen LogP contribution is -2.44. The summed E-state index contributed by atoms with van der Waals surface area (Å²) in [7, 11) is 1.27. The van der Waals surface area contributed by atoms with Crippen LogP contribution in [-0.4, -0.2) is 37.6 Å². The van der Waals surface area contributed by atoms with Crippen molar-refractivity contribution in [3.8, 4) is 0 Å². The quantitative estimate of drug-likeness (QED) is 0.730. The Bertz CT molecular complexity index is 592. The van der Waals surface area contributed by atoms with Gasteiger partial charge in [0.15, 0.2) is 6.61 Å². The molecule has 138 valence electrons. The highest BCUT2D eigenvalue weighted by Gasteiger charge is 2.23. The molecule has 1 rings (SSSR count). The minimum Gasteiger partial charge on any atom is -0.467 e. The molecular formula is C19H27NO5. The predicted molar refractivity (Wildman–Crippen MR) is 94.2 cm³/mol. The third-order valence-corrected chi connectivity index (χ3v) is 3.68. The zero-order chi connectivity index (χ0) is 19.0. The fourth-order valence-electron chi connectivity index (χ4n) is 2.28. The highest BCUT2D eigenvalue weighted by molar-refractivity contribution is 5.92. The summed E-state index contributed by atoms with van der Waals surface area (Å²) in [6, 6.07) is 6.31. The lowest BCUT2D eigenvalue weighted by molar-refractivity contribution is -0.145. The molecule has 0 saturated heterocycles. The van der Waals surface area contributed by atoms with Gasteiger partial charge in [0, 0.05) is 0 Å². The Kier molecular flexibility index (Phi) is 8.11. The second kappa shape index (κ2) is 9.81. The molecule has 0 unspecified atom stereocenters. The van der Waals surface area contributed by atoms with Crippen molar-refractivity contribution in [1.29, 1.82) is 0 Å². The van der Waals surface area contributed by atoms with Gasteiger partial charge in [-0.15, -0.1) is 0 Å². The molecule has 0 spiro atoms. The van der Waals surface area contributed by atoms with E-state index in [1.807, 2.05) is 26.0 Å². The Morgan fingerprint density at radius 3 is 2.12 bits per heavy atom. The maximum Gasteiger partial charge on any atom is 0.338 e. The molecule has 25 heavy (non-hydrogen) atoms. The number of hydrogen-bond acceptors (Lipinski definition) is 5. The number of methoxy groups -OCH3 is 1. The summed E-state index contributed by atoms with van der Waals surface area (Å²) in [6.45, 7) is 7.54. The van der Waals surface area contributed by atoms with Crippen molar-refractivity contribution in [2.45, 2.75) is 46.1 Å². The minimum absolute atomic E-state index is 0.200. The normalized spacial score (nSPS) is 12.0. The van der Waals surface area contributed by atoms with Gasteiger partial charge in [-0.05, 0) is 36.0 Å². The van der Waals surface area contributed by atoms with Crippen molar-refractivity contribution in [2.75, 3.05) is 13.7 Å². The molecular weight excluding hydrogens is 322 g/mol. The number of carbonyl (C=O) groups is 3. The van der Waals surface area contributed by atoms with E-state index in [0.29, 0.717) is 17.9 Å². The van der Waals surface area contributed by atoms with Crippen molar-refractivity contribution >= 4 is 17.8 Å². The standard InChI is InChI=1S/C19H27NO5/c1-12(2)10-16(19(23)24-5)20-17(21)11-25-18(22)15-8-6-14(7-9-15)13(3)4/h6-9,12-13,16H,10-11H2,1-5H3,(H,20,21)/t16-/m0/s1. The van der Waals surface area contributed by atoms with Crippen LogP contribution in [0.2, 0.25) is 0 Å². The number of benzene rings is 1. The summed E-state index contributed by atoms with van der Waals surface area (Å²) in [4.78, 5) is 35.6. The second-order valence-corrected chi connectivity index (χ2v) is 6.63. The minimum atomic E-state index is -0.749. The van der Waals surface area contributed by atoms with Crippen LogP contribution in [0.1, 0.15) is 56.0 Å². The van der Waals surface area contributed by atoms with Crippen molar-refractivity contribution in [2.24, 2.45) is 5.92 Å². The van der Waals surface area contributed by atoms with Crippen LogP contribution in [-0.2, 0) is 19.1 Å². The Morgan fingerprint density at radius 2 is 1.64 bits per heavy atom. The van der Waals surface area contributed by atoms with E-state index in [1.54, 1.807) is 12.1 Å². The predicted octanol–water partition coefficient (Wildman–Crippen LogP) is 2.67. The molecule has 6 heteroatoms. The molecule has 0 heterocycles. The van der Waals surface area contributed by atoms with Gasteiger partial charge in [-0.3, -0.25) is 4.79 Å². The van der Waals surface area contributed by atoms with E-state index >= 15 is 0 Å². The van der Waals surface area contributed by atoms with Crippen molar-refractivity contribution < 1.29 is 23.9 Å². The number of esters is 2. The van der Waals surface area contributed by atoms with Gasteiger partial charge in [0.1, 0.15) is 6.04 Å². The topological polar surface area (TPSA) is 81.7 Å². The highest BCUT2D eigenvalue weighted by atomic mass is 16.5. The van der Waals surface area contributed by atoms with E-state index in [-0.39, 0.29) is 5.92 Å². The molecule has 0 aliphatic heterocycles. The van der Waals surface area contributed by atoms with E-state index < -0.39 is 30.5 Å². The highest BCUT2D eigenvalue weighted by Crippen LogP contribution is 2.15. The Hall–Kier alpha value is -2.37. The van der Waals surface area contributed by atoms with E-state index in [4.69, 9.17) is 4.74 Å². The van der Waals surface area contributed by atoms with Crippen molar-refractivity contribution in [3.05, 3.63) is 35.4 Å². The molecule has 1 amide bonds. The van der Waals surface area contributed by atoms with Crippen LogP contribution in [0.15, 0.2) is 24.3 Å². The van der Waals surface area contributed by atoms with Gasteiger partial charge in [-0.2, -0.15) is 0 Å². The van der Waals surface area contributed by atoms with Crippen molar-refractivity contribution in [1.82, 2.24) is 5.32 Å². The maximum atomic E-state index is 12.0. The summed E-state index contributed by atoms with van der Waals surface area (Å²) >= 11 is 0. The zero-order valence-electron chi connectivity index (χ0n) is 15.5. The average molecular weight is 349 g/mol. The van der Waals surface area contributed by atoms with Gasteiger partial charge in [0.25, 0.3) is 5.91 Å².